The molecule has 0 atom stereocenters. The van der Waals surface area contributed by atoms with Crippen LogP contribution in [0.2, 0.25) is 19.6 Å². The van der Waals surface area contributed by atoms with E-state index in [0.717, 1.165) is 16.8 Å². The van der Waals surface area contributed by atoms with Gasteiger partial charge in [-0.1, -0.05) is 103 Å². The summed E-state index contributed by atoms with van der Waals surface area (Å²) >= 11 is 0. The number of rotatable bonds is 5. The molecule has 0 aliphatic rings. The molecule has 0 N–H and O–H groups in total. The Morgan fingerprint density at radius 1 is 0.794 bits per heavy atom. The molecule has 0 saturated carbocycles. The summed E-state index contributed by atoms with van der Waals surface area (Å²) in [6.45, 7) is 20.5. The molecule has 0 fully saturated rings. The van der Waals surface area contributed by atoms with Crippen LogP contribution in [0.3, 0.4) is 0 Å². The third-order valence-electron chi connectivity index (χ3n) is 5.83. The van der Waals surface area contributed by atoms with Crippen LogP contribution in [-0.2, 0) is 19.8 Å². The first-order valence-corrected chi connectivity index (χ1v) is 15.9. The van der Waals surface area contributed by atoms with E-state index >= 15 is 0 Å². The Morgan fingerprint density at radius 3 is 1.88 bits per heavy atom. The van der Waals surface area contributed by atoms with Gasteiger partial charge >= 0.3 is 0 Å². The predicted molar refractivity (Wildman–Crippen MR) is 153 cm³/mol. The van der Waals surface area contributed by atoms with Gasteiger partial charge in [0.05, 0.1) is 8.07 Å². The van der Waals surface area contributed by atoms with Gasteiger partial charge in [0, 0.05) is 22.7 Å². The van der Waals surface area contributed by atoms with Crippen molar-refractivity contribution in [3.63, 3.8) is 0 Å². The van der Waals surface area contributed by atoms with Crippen LogP contribution in [0, 0.1) is 17.8 Å². The van der Waals surface area contributed by atoms with Crippen LogP contribution in [0.25, 0.3) is 22.4 Å². The van der Waals surface area contributed by atoms with Crippen molar-refractivity contribution in [2.45, 2.75) is 80.9 Å². The standard InChI is InChI=1S/C32H46NSi/c1-23-17-30(34(9,10)11)28(24-15-13-12-14-16-24)19-27(23)29-18-25(20-31(2,3)4)26(22-33(29)8)21-32(5,6)7/h12-19,22H,20-21H2,1-11H3/q+1/i20D2,21D2. The molecule has 0 radical (unpaired) electrons. The van der Waals surface area contributed by atoms with E-state index < -0.39 is 31.6 Å². The highest BCUT2D eigenvalue weighted by Crippen LogP contribution is 2.32. The van der Waals surface area contributed by atoms with Crippen LogP contribution >= 0.6 is 0 Å². The molecule has 1 aromatic heterocycles. The molecule has 0 bridgehead atoms. The number of nitrogens with zero attached hydrogens (tertiary/aromatic N) is 1. The Hall–Kier alpha value is -2.19. The molecule has 3 rings (SSSR count). The third kappa shape index (κ3) is 6.47. The molecule has 0 aliphatic carbocycles. The van der Waals surface area contributed by atoms with E-state index in [1.54, 1.807) is 0 Å². The first kappa shape index (κ1) is 21.1. The van der Waals surface area contributed by atoms with Gasteiger partial charge in [0.1, 0.15) is 7.05 Å². The molecule has 0 amide bonds. The Bertz CT molecular complexity index is 1320. The molecule has 0 saturated heterocycles. The van der Waals surface area contributed by atoms with Gasteiger partial charge in [-0.2, -0.15) is 0 Å². The molecule has 0 spiro atoms. The second-order valence-corrected chi connectivity index (χ2v) is 17.7. The number of aryl methyl sites for hydroxylation is 2. The van der Waals surface area contributed by atoms with E-state index in [0.29, 0.717) is 11.1 Å². The fourth-order valence-corrected chi connectivity index (χ4v) is 6.06. The average Bonchev–Trinajstić information content (AvgIpc) is 2.77. The van der Waals surface area contributed by atoms with Gasteiger partial charge in [0.2, 0.25) is 5.69 Å². The van der Waals surface area contributed by atoms with Gasteiger partial charge in [-0.05, 0) is 58.8 Å². The van der Waals surface area contributed by atoms with E-state index in [2.05, 4.69) is 63.0 Å². The van der Waals surface area contributed by atoms with E-state index in [4.69, 9.17) is 2.74 Å². The smallest absolute Gasteiger partial charge is 0.201 e. The minimum Gasteiger partial charge on any atom is -0.201 e. The third-order valence-corrected chi connectivity index (χ3v) is 7.86. The minimum atomic E-state index is -1.75. The molecule has 2 aromatic carbocycles. The van der Waals surface area contributed by atoms with E-state index in [9.17, 15) is 2.74 Å². The Kier molecular flexibility index (Phi) is 5.87. The van der Waals surface area contributed by atoms with Crippen molar-refractivity contribution in [3.05, 3.63) is 71.4 Å². The Labute approximate surface area is 215 Å². The van der Waals surface area contributed by atoms with Gasteiger partial charge in [0.15, 0.2) is 6.20 Å². The molecule has 0 unspecified atom stereocenters. The number of aromatic nitrogens is 1. The first-order valence-electron chi connectivity index (χ1n) is 14.4. The van der Waals surface area contributed by atoms with Crippen molar-refractivity contribution in [2.24, 2.45) is 17.9 Å². The van der Waals surface area contributed by atoms with Crippen molar-refractivity contribution in [1.82, 2.24) is 0 Å². The maximum Gasteiger partial charge on any atom is 0.212 e. The molecule has 34 heavy (non-hydrogen) atoms. The summed E-state index contributed by atoms with van der Waals surface area (Å²) in [5.74, 6) is 0. The normalized spacial score (nSPS) is 15.4. The zero-order chi connectivity index (χ0) is 29.1. The summed E-state index contributed by atoms with van der Waals surface area (Å²) in [5, 5.41) is 1.40. The van der Waals surface area contributed by atoms with Crippen LogP contribution in [0.4, 0.5) is 0 Å². The molecule has 2 heteroatoms. The SMILES string of the molecule is [2H]C([2H])(c1cc(-c2cc(-c3ccccc3)c([Si](C)(C)C)cc2C)[n+](C)cc1C([2H])([2H])C(C)(C)C)C(C)(C)C. The zero-order valence-electron chi connectivity index (χ0n) is 27.1. The number of pyridine rings is 1. The van der Waals surface area contributed by atoms with Crippen LogP contribution in [0.15, 0.2) is 54.7 Å². The molecule has 1 heterocycles. The van der Waals surface area contributed by atoms with Gasteiger partial charge < -0.3 is 0 Å². The van der Waals surface area contributed by atoms with E-state index in [1.807, 2.05) is 71.5 Å². The van der Waals surface area contributed by atoms with Gasteiger partial charge in [-0.3, -0.25) is 0 Å². The first-order chi connectivity index (χ1) is 17.1. The van der Waals surface area contributed by atoms with E-state index in [1.165, 1.54) is 16.3 Å². The monoisotopic (exact) mass is 476 g/mol. The average molecular weight is 477 g/mol. The van der Waals surface area contributed by atoms with Crippen LogP contribution in [-0.4, -0.2) is 8.07 Å². The molecular formula is C32H46NSi+. The zero-order valence-corrected chi connectivity index (χ0v) is 24.1. The lowest BCUT2D eigenvalue weighted by atomic mass is 9.81. The maximum absolute atomic E-state index is 9.22. The molecule has 182 valence electrons. The quantitative estimate of drug-likeness (QED) is 0.260. The second-order valence-electron chi connectivity index (χ2n) is 12.7. The van der Waals surface area contributed by atoms with Gasteiger partial charge in [0.25, 0.3) is 0 Å². The summed E-state index contributed by atoms with van der Waals surface area (Å²) in [6.07, 6.45) is -1.66. The maximum atomic E-state index is 9.22. The topological polar surface area (TPSA) is 3.88 Å². The van der Waals surface area contributed by atoms with Gasteiger partial charge in [-0.25, -0.2) is 4.57 Å². The summed E-state index contributed by atoms with van der Waals surface area (Å²) in [6, 6.07) is 17.0. The van der Waals surface area contributed by atoms with Crippen molar-refractivity contribution >= 4 is 13.3 Å². The van der Waals surface area contributed by atoms with Gasteiger partial charge in [-0.15, -0.1) is 0 Å². The highest BCUT2D eigenvalue weighted by molar-refractivity contribution is 6.89. The Balaban J connectivity index is 2.44. The molecule has 0 aliphatic heterocycles. The minimum absolute atomic E-state index is 0.413. The number of hydrogen-bond donors (Lipinski definition) is 0. The lowest BCUT2D eigenvalue weighted by molar-refractivity contribution is -0.660. The van der Waals surface area contributed by atoms with Crippen LogP contribution < -0.4 is 9.75 Å². The summed E-state index contributed by atoms with van der Waals surface area (Å²) in [4.78, 5) is 0. The summed E-state index contributed by atoms with van der Waals surface area (Å²) in [7, 11) is 0.280. The fourth-order valence-electron chi connectivity index (χ4n) is 4.39. The van der Waals surface area contributed by atoms with Crippen molar-refractivity contribution in [1.29, 1.82) is 0 Å². The lowest BCUT2D eigenvalue weighted by Crippen LogP contribution is -2.39. The predicted octanol–water partition coefficient (Wildman–Crippen LogP) is 7.88. The van der Waals surface area contributed by atoms with Crippen molar-refractivity contribution < 1.29 is 10.1 Å². The largest absolute Gasteiger partial charge is 0.212 e. The Morgan fingerprint density at radius 2 is 1.35 bits per heavy atom. The second kappa shape index (κ2) is 9.45. The van der Waals surface area contributed by atoms with E-state index in [-0.39, 0.29) is 0 Å². The molecule has 1 nitrogen and oxygen atoms in total. The number of benzene rings is 2. The van der Waals surface area contributed by atoms with Crippen molar-refractivity contribution in [2.75, 3.05) is 0 Å². The van der Waals surface area contributed by atoms with Crippen molar-refractivity contribution in [3.8, 4) is 22.4 Å². The van der Waals surface area contributed by atoms with Crippen LogP contribution in [0.5, 0.6) is 0 Å². The highest BCUT2D eigenvalue weighted by atomic mass is 28.3. The van der Waals surface area contributed by atoms with Crippen LogP contribution in [0.1, 0.15) is 63.7 Å². The highest BCUT2D eigenvalue weighted by Gasteiger charge is 2.27. The summed E-state index contributed by atoms with van der Waals surface area (Å²) in [5.41, 5.74) is 4.88. The molecule has 3 aromatic rings. The number of hydrogen-bond acceptors (Lipinski definition) is 0. The fraction of sp³-hybridized carbons (Fsp3) is 0.469. The summed E-state index contributed by atoms with van der Waals surface area (Å²) < 4.78 is 38.6. The molecular weight excluding hydrogens is 426 g/mol. The lowest BCUT2D eigenvalue weighted by Gasteiger charge is -2.25.